The Labute approximate surface area is 175 Å². The first-order valence-electron chi connectivity index (χ1n) is 10.3. The maximum atomic E-state index is 12.7. The van der Waals surface area contributed by atoms with Crippen molar-refractivity contribution in [2.75, 3.05) is 0 Å². The number of pyridine rings is 1. The number of aromatic nitrogens is 2. The molecule has 5 nitrogen and oxygen atoms in total. The second-order valence-electron chi connectivity index (χ2n) is 7.79. The first-order valence-corrected chi connectivity index (χ1v) is 10.3. The summed E-state index contributed by atoms with van der Waals surface area (Å²) in [5.74, 6) is -0.00744. The first-order chi connectivity index (χ1) is 14.7. The lowest BCUT2D eigenvalue weighted by Crippen LogP contribution is -2.26. The van der Waals surface area contributed by atoms with Crippen molar-refractivity contribution < 1.29 is 9.90 Å². The van der Waals surface area contributed by atoms with Crippen molar-refractivity contribution in [3.05, 3.63) is 89.9 Å². The van der Waals surface area contributed by atoms with Crippen LogP contribution in [0.5, 0.6) is 0 Å². The zero-order valence-corrected chi connectivity index (χ0v) is 16.6. The summed E-state index contributed by atoms with van der Waals surface area (Å²) in [5, 5.41) is 13.7. The van der Waals surface area contributed by atoms with Crippen LogP contribution in [0.4, 0.5) is 0 Å². The van der Waals surface area contributed by atoms with E-state index in [4.69, 9.17) is 0 Å². The highest BCUT2D eigenvalue weighted by atomic mass is 16.3. The van der Waals surface area contributed by atoms with Crippen LogP contribution in [-0.2, 0) is 13.2 Å². The highest BCUT2D eigenvalue weighted by Gasteiger charge is 2.25. The van der Waals surface area contributed by atoms with Gasteiger partial charge in [-0.3, -0.25) is 9.78 Å². The van der Waals surface area contributed by atoms with Gasteiger partial charge in [-0.25, -0.2) is 0 Å². The van der Waals surface area contributed by atoms with Gasteiger partial charge >= 0.3 is 0 Å². The predicted octanol–water partition coefficient (Wildman–Crippen LogP) is 4.14. The van der Waals surface area contributed by atoms with Gasteiger partial charge in [-0.2, -0.15) is 0 Å². The maximum absolute atomic E-state index is 12.7. The average Bonchev–Trinajstić information content (AvgIpc) is 3.51. The van der Waals surface area contributed by atoms with E-state index in [1.165, 1.54) is 0 Å². The number of aliphatic hydroxyl groups is 1. The molecule has 2 aromatic heterocycles. The molecule has 150 valence electrons. The molecule has 4 aromatic rings. The van der Waals surface area contributed by atoms with Crippen molar-refractivity contribution in [1.82, 2.24) is 14.9 Å². The van der Waals surface area contributed by atoms with Crippen LogP contribution in [0, 0.1) is 0 Å². The maximum Gasteiger partial charge on any atom is 0.253 e. The summed E-state index contributed by atoms with van der Waals surface area (Å²) in [6.45, 7) is 0.581. The molecule has 2 aromatic carbocycles. The number of nitrogens with zero attached hydrogens (tertiary/aromatic N) is 2. The number of hydrogen-bond donors (Lipinski definition) is 2. The van der Waals surface area contributed by atoms with Crippen molar-refractivity contribution in [3.63, 3.8) is 0 Å². The molecule has 1 aliphatic rings. The fraction of sp³-hybridized carbons (Fsp3) is 0.200. The molecular formula is C25H23N3O2. The SMILES string of the molecule is O=C(NC1CC1)c1cccc2ccn(Cc3ccc(-c4ccccc4CO)cn3)c12. The quantitative estimate of drug-likeness (QED) is 0.514. The van der Waals surface area contributed by atoms with E-state index >= 15 is 0 Å². The fourth-order valence-electron chi connectivity index (χ4n) is 3.86. The molecule has 1 fully saturated rings. The number of carbonyl (C=O) groups excluding carboxylic acids is 1. The van der Waals surface area contributed by atoms with Gasteiger partial charge in [0.1, 0.15) is 0 Å². The Morgan fingerprint density at radius 3 is 2.70 bits per heavy atom. The van der Waals surface area contributed by atoms with Gasteiger partial charge in [0, 0.05) is 29.4 Å². The standard InChI is InChI=1S/C25H23N3O2/c29-16-19-4-1-2-6-22(19)18-8-9-21(26-14-18)15-28-13-12-17-5-3-7-23(24(17)28)25(30)27-20-10-11-20/h1-9,12-14,20,29H,10-11,15-16H2,(H,27,30). The molecule has 0 unspecified atom stereocenters. The Hall–Kier alpha value is -3.44. The van der Waals surface area contributed by atoms with Crippen molar-refractivity contribution >= 4 is 16.8 Å². The number of para-hydroxylation sites is 1. The molecule has 1 amide bonds. The minimum atomic E-state index is -0.00744. The number of rotatable bonds is 6. The Bertz CT molecular complexity index is 1210. The minimum absolute atomic E-state index is 0.00101. The highest BCUT2D eigenvalue weighted by Crippen LogP contribution is 2.26. The smallest absolute Gasteiger partial charge is 0.253 e. The van der Waals surface area contributed by atoms with Gasteiger partial charge in [0.15, 0.2) is 0 Å². The van der Waals surface area contributed by atoms with E-state index < -0.39 is 0 Å². The van der Waals surface area contributed by atoms with E-state index in [0.29, 0.717) is 18.2 Å². The largest absolute Gasteiger partial charge is 0.392 e. The van der Waals surface area contributed by atoms with Crippen LogP contribution in [0.2, 0.25) is 0 Å². The second-order valence-corrected chi connectivity index (χ2v) is 7.79. The van der Waals surface area contributed by atoms with Crippen LogP contribution >= 0.6 is 0 Å². The normalized spacial score (nSPS) is 13.5. The molecule has 0 radical (unpaired) electrons. The molecule has 1 aliphatic carbocycles. The van der Waals surface area contributed by atoms with Crippen LogP contribution < -0.4 is 5.32 Å². The van der Waals surface area contributed by atoms with Crippen molar-refractivity contribution in [2.45, 2.75) is 32.0 Å². The molecule has 0 bridgehead atoms. The summed E-state index contributed by atoms with van der Waals surface area (Å²) >= 11 is 0. The fourth-order valence-corrected chi connectivity index (χ4v) is 3.86. The molecule has 0 atom stereocenters. The van der Waals surface area contributed by atoms with Crippen molar-refractivity contribution in [2.24, 2.45) is 0 Å². The van der Waals surface area contributed by atoms with E-state index in [1.54, 1.807) is 0 Å². The molecular weight excluding hydrogens is 374 g/mol. The van der Waals surface area contributed by atoms with Gasteiger partial charge in [0.25, 0.3) is 5.91 Å². The molecule has 2 N–H and O–H groups in total. The highest BCUT2D eigenvalue weighted by molar-refractivity contribution is 6.06. The van der Waals surface area contributed by atoms with Crippen molar-refractivity contribution in [1.29, 1.82) is 0 Å². The molecule has 5 heteroatoms. The van der Waals surface area contributed by atoms with E-state index in [1.807, 2.05) is 73.1 Å². The monoisotopic (exact) mass is 397 g/mol. The average molecular weight is 397 g/mol. The molecule has 5 rings (SSSR count). The third-order valence-corrected chi connectivity index (χ3v) is 5.60. The Morgan fingerprint density at radius 1 is 1.07 bits per heavy atom. The zero-order chi connectivity index (χ0) is 20.5. The van der Waals surface area contributed by atoms with E-state index in [9.17, 15) is 9.90 Å². The second kappa shape index (κ2) is 7.76. The third kappa shape index (κ3) is 3.60. The molecule has 0 spiro atoms. The number of aliphatic hydroxyl groups excluding tert-OH is 1. The van der Waals surface area contributed by atoms with Crippen LogP contribution in [-0.4, -0.2) is 26.6 Å². The summed E-state index contributed by atoms with van der Waals surface area (Å²) in [5.41, 5.74) is 5.41. The number of carbonyl (C=O) groups is 1. The summed E-state index contributed by atoms with van der Waals surface area (Å²) in [6, 6.07) is 20.0. The van der Waals surface area contributed by atoms with Gasteiger partial charge in [-0.05, 0) is 42.2 Å². The first kappa shape index (κ1) is 18.6. The number of amides is 1. The third-order valence-electron chi connectivity index (χ3n) is 5.60. The Morgan fingerprint density at radius 2 is 1.93 bits per heavy atom. The minimum Gasteiger partial charge on any atom is -0.392 e. The molecule has 2 heterocycles. The summed E-state index contributed by atoms with van der Waals surface area (Å²) < 4.78 is 2.08. The predicted molar refractivity (Wildman–Crippen MR) is 117 cm³/mol. The molecule has 0 aliphatic heterocycles. The molecule has 1 saturated carbocycles. The van der Waals surface area contributed by atoms with Gasteiger partial charge in [-0.1, -0.05) is 42.5 Å². The lowest BCUT2D eigenvalue weighted by Gasteiger charge is -2.11. The van der Waals surface area contributed by atoms with E-state index in [2.05, 4.69) is 14.9 Å². The van der Waals surface area contributed by atoms with Gasteiger partial charge < -0.3 is 15.0 Å². The van der Waals surface area contributed by atoms with E-state index in [0.717, 1.165) is 46.1 Å². The van der Waals surface area contributed by atoms with Gasteiger partial charge in [-0.15, -0.1) is 0 Å². The molecule has 30 heavy (non-hydrogen) atoms. The lowest BCUT2D eigenvalue weighted by atomic mass is 10.0. The summed E-state index contributed by atoms with van der Waals surface area (Å²) in [4.78, 5) is 17.4. The topological polar surface area (TPSA) is 67.2 Å². The van der Waals surface area contributed by atoms with Crippen LogP contribution in [0.1, 0.15) is 34.5 Å². The van der Waals surface area contributed by atoms with E-state index in [-0.39, 0.29) is 12.5 Å². The van der Waals surface area contributed by atoms with Gasteiger partial charge in [0.2, 0.25) is 0 Å². The van der Waals surface area contributed by atoms with Crippen LogP contribution in [0.25, 0.3) is 22.0 Å². The molecule has 0 saturated heterocycles. The Balaban J connectivity index is 1.44. The van der Waals surface area contributed by atoms with Crippen LogP contribution in [0.3, 0.4) is 0 Å². The number of hydrogen-bond acceptors (Lipinski definition) is 3. The number of nitrogens with one attached hydrogen (secondary N) is 1. The Kier molecular flexibility index (Phi) is 4.81. The summed E-state index contributed by atoms with van der Waals surface area (Å²) in [7, 11) is 0. The lowest BCUT2D eigenvalue weighted by molar-refractivity contribution is 0.0952. The summed E-state index contributed by atoms with van der Waals surface area (Å²) in [6.07, 6.45) is 5.99. The number of benzene rings is 2. The van der Waals surface area contributed by atoms with Crippen molar-refractivity contribution in [3.8, 4) is 11.1 Å². The zero-order valence-electron chi connectivity index (χ0n) is 16.6. The van der Waals surface area contributed by atoms with Crippen LogP contribution in [0.15, 0.2) is 73.1 Å². The van der Waals surface area contributed by atoms with Gasteiger partial charge in [0.05, 0.1) is 29.9 Å². The number of fused-ring (bicyclic) bond motifs is 1.